The number of aliphatic hydroxyl groups is 1. The zero-order valence-electron chi connectivity index (χ0n) is 12.2. The summed E-state index contributed by atoms with van der Waals surface area (Å²) in [6, 6.07) is 0. The van der Waals surface area contributed by atoms with Crippen molar-refractivity contribution < 1.29 is 14.6 Å². The zero-order valence-corrected chi connectivity index (χ0v) is 12.2. The molecular formula is C16H28O3. The van der Waals surface area contributed by atoms with Gasteiger partial charge in [-0.1, -0.05) is 13.3 Å². The Morgan fingerprint density at radius 2 is 1.89 bits per heavy atom. The van der Waals surface area contributed by atoms with Gasteiger partial charge in [0.25, 0.3) is 0 Å². The minimum atomic E-state index is -0.426. The number of ether oxygens (including phenoxy) is 2. The molecule has 1 spiro atoms. The van der Waals surface area contributed by atoms with Gasteiger partial charge in [-0.2, -0.15) is 0 Å². The lowest BCUT2D eigenvalue weighted by Gasteiger charge is -2.47. The molecule has 3 aliphatic rings. The van der Waals surface area contributed by atoms with E-state index in [-0.39, 0.29) is 5.60 Å². The second kappa shape index (κ2) is 5.34. The van der Waals surface area contributed by atoms with Crippen LogP contribution in [-0.2, 0) is 9.47 Å². The molecule has 0 bridgehead atoms. The minimum absolute atomic E-state index is 0.0692. The van der Waals surface area contributed by atoms with E-state index in [0.29, 0.717) is 5.92 Å². The zero-order chi connectivity index (χ0) is 13.3. The van der Waals surface area contributed by atoms with Crippen LogP contribution >= 0.6 is 0 Å². The highest BCUT2D eigenvalue weighted by atomic mass is 16.6. The molecule has 2 atom stereocenters. The van der Waals surface area contributed by atoms with Crippen LogP contribution in [0.2, 0.25) is 0 Å². The lowest BCUT2D eigenvalue weighted by atomic mass is 9.67. The summed E-state index contributed by atoms with van der Waals surface area (Å²) in [5.41, 5.74) is -0.495. The van der Waals surface area contributed by atoms with Gasteiger partial charge in [-0.15, -0.1) is 0 Å². The molecule has 3 heteroatoms. The Morgan fingerprint density at radius 1 is 1.11 bits per heavy atom. The first-order chi connectivity index (χ1) is 9.16. The molecule has 0 aromatic heterocycles. The van der Waals surface area contributed by atoms with Crippen molar-refractivity contribution in [3.8, 4) is 0 Å². The van der Waals surface area contributed by atoms with Gasteiger partial charge in [0, 0.05) is 19.6 Å². The summed E-state index contributed by atoms with van der Waals surface area (Å²) in [7, 11) is 0. The predicted molar refractivity (Wildman–Crippen MR) is 74.0 cm³/mol. The van der Waals surface area contributed by atoms with Gasteiger partial charge in [0.05, 0.1) is 17.8 Å². The number of rotatable bonds is 2. The van der Waals surface area contributed by atoms with Gasteiger partial charge in [0.15, 0.2) is 0 Å². The van der Waals surface area contributed by atoms with Gasteiger partial charge in [-0.05, 0) is 50.4 Å². The molecule has 3 fully saturated rings. The molecular weight excluding hydrogens is 240 g/mol. The molecule has 0 amide bonds. The van der Waals surface area contributed by atoms with Crippen LogP contribution in [0.5, 0.6) is 0 Å². The average Bonchev–Trinajstić information content (AvgIpc) is 2.88. The third-order valence-corrected chi connectivity index (χ3v) is 5.87. The smallest absolute Gasteiger partial charge is 0.0940 e. The van der Waals surface area contributed by atoms with Crippen molar-refractivity contribution in [2.75, 3.05) is 19.8 Å². The van der Waals surface area contributed by atoms with Crippen molar-refractivity contribution in [1.82, 2.24) is 0 Å². The van der Waals surface area contributed by atoms with Gasteiger partial charge in [0.1, 0.15) is 0 Å². The van der Waals surface area contributed by atoms with E-state index in [1.807, 2.05) is 0 Å². The van der Waals surface area contributed by atoms with Crippen LogP contribution in [0.4, 0.5) is 0 Å². The van der Waals surface area contributed by atoms with Crippen molar-refractivity contribution in [2.24, 2.45) is 11.8 Å². The van der Waals surface area contributed by atoms with E-state index < -0.39 is 5.60 Å². The predicted octanol–water partition coefficient (Wildman–Crippen LogP) is 2.90. The quantitative estimate of drug-likeness (QED) is 0.837. The topological polar surface area (TPSA) is 38.7 Å². The van der Waals surface area contributed by atoms with E-state index in [9.17, 15) is 5.11 Å². The summed E-state index contributed by atoms with van der Waals surface area (Å²) < 4.78 is 11.5. The van der Waals surface area contributed by atoms with Crippen molar-refractivity contribution in [2.45, 2.75) is 69.5 Å². The van der Waals surface area contributed by atoms with Crippen LogP contribution in [0.1, 0.15) is 58.3 Å². The molecule has 2 unspecified atom stereocenters. The van der Waals surface area contributed by atoms with Crippen LogP contribution in [-0.4, -0.2) is 36.1 Å². The van der Waals surface area contributed by atoms with E-state index in [1.54, 1.807) is 0 Å². The fourth-order valence-corrected chi connectivity index (χ4v) is 4.34. The SMILES string of the molecule is CCC1CCC(O)(C2CCOC3(CCOC3)C2)CC1. The van der Waals surface area contributed by atoms with Crippen LogP contribution in [0.25, 0.3) is 0 Å². The van der Waals surface area contributed by atoms with Crippen LogP contribution in [0.15, 0.2) is 0 Å². The van der Waals surface area contributed by atoms with Gasteiger partial charge in [-0.25, -0.2) is 0 Å². The van der Waals surface area contributed by atoms with E-state index in [4.69, 9.17) is 9.47 Å². The van der Waals surface area contributed by atoms with E-state index >= 15 is 0 Å². The molecule has 110 valence electrons. The van der Waals surface area contributed by atoms with Crippen molar-refractivity contribution in [3.05, 3.63) is 0 Å². The summed E-state index contributed by atoms with van der Waals surface area (Å²) >= 11 is 0. The Labute approximate surface area is 116 Å². The molecule has 19 heavy (non-hydrogen) atoms. The Morgan fingerprint density at radius 3 is 2.53 bits per heavy atom. The highest BCUT2D eigenvalue weighted by molar-refractivity contribution is 4.99. The lowest BCUT2D eigenvalue weighted by molar-refractivity contribution is -0.154. The van der Waals surface area contributed by atoms with Crippen molar-refractivity contribution >= 4 is 0 Å². The molecule has 1 N–H and O–H groups in total. The monoisotopic (exact) mass is 268 g/mol. The number of hydrogen-bond acceptors (Lipinski definition) is 3. The average molecular weight is 268 g/mol. The number of hydrogen-bond donors (Lipinski definition) is 1. The van der Waals surface area contributed by atoms with Crippen molar-refractivity contribution in [1.29, 1.82) is 0 Å². The maximum atomic E-state index is 11.1. The van der Waals surface area contributed by atoms with Crippen molar-refractivity contribution in [3.63, 3.8) is 0 Å². The van der Waals surface area contributed by atoms with E-state index in [0.717, 1.165) is 57.8 Å². The summed E-state index contributed by atoms with van der Waals surface area (Å²) in [5.74, 6) is 1.25. The Hall–Kier alpha value is -0.120. The standard InChI is InChI=1S/C16H28O3/c1-2-13-3-6-16(17,7-4-13)14-5-9-19-15(11-14)8-10-18-12-15/h13-14,17H,2-12H2,1H3. The van der Waals surface area contributed by atoms with Gasteiger partial charge < -0.3 is 14.6 Å². The first-order valence-corrected chi connectivity index (χ1v) is 8.10. The van der Waals surface area contributed by atoms with Crippen LogP contribution in [0.3, 0.4) is 0 Å². The Balaban J connectivity index is 1.64. The molecule has 2 heterocycles. The van der Waals surface area contributed by atoms with Crippen LogP contribution in [0, 0.1) is 11.8 Å². The molecule has 1 saturated carbocycles. The first-order valence-electron chi connectivity index (χ1n) is 8.10. The van der Waals surface area contributed by atoms with E-state index in [1.165, 1.54) is 19.3 Å². The maximum absolute atomic E-state index is 11.1. The molecule has 2 aliphatic heterocycles. The second-order valence-corrected chi connectivity index (χ2v) is 6.98. The normalized spacial score (nSPS) is 47.7. The van der Waals surface area contributed by atoms with Gasteiger partial charge in [-0.3, -0.25) is 0 Å². The summed E-state index contributed by atoms with van der Waals surface area (Å²) in [4.78, 5) is 0. The highest BCUT2D eigenvalue weighted by Gasteiger charge is 2.48. The van der Waals surface area contributed by atoms with Gasteiger partial charge >= 0.3 is 0 Å². The second-order valence-electron chi connectivity index (χ2n) is 6.98. The maximum Gasteiger partial charge on any atom is 0.0940 e. The largest absolute Gasteiger partial charge is 0.390 e. The summed E-state index contributed by atoms with van der Waals surface area (Å²) in [6.45, 7) is 4.63. The molecule has 3 rings (SSSR count). The lowest BCUT2D eigenvalue weighted by Crippen LogP contribution is -2.50. The molecule has 3 nitrogen and oxygen atoms in total. The fraction of sp³-hybridized carbons (Fsp3) is 1.00. The molecule has 0 aromatic carbocycles. The van der Waals surface area contributed by atoms with Gasteiger partial charge in [0.2, 0.25) is 0 Å². The Kier molecular flexibility index (Phi) is 3.89. The summed E-state index contributed by atoms with van der Waals surface area (Å²) in [6.07, 6.45) is 8.69. The molecule has 1 aliphatic carbocycles. The van der Waals surface area contributed by atoms with E-state index in [2.05, 4.69) is 6.92 Å². The third-order valence-electron chi connectivity index (χ3n) is 5.87. The summed E-state index contributed by atoms with van der Waals surface area (Å²) in [5, 5.41) is 11.1. The Bertz CT molecular complexity index is 301. The first kappa shape index (κ1) is 13.8. The molecule has 2 saturated heterocycles. The minimum Gasteiger partial charge on any atom is -0.390 e. The molecule has 0 aromatic rings. The fourth-order valence-electron chi connectivity index (χ4n) is 4.34. The molecule has 0 radical (unpaired) electrons. The third kappa shape index (κ3) is 2.70. The highest BCUT2D eigenvalue weighted by Crippen LogP contribution is 2.46. The van der Waals surface area contributed by atoms with Crippen LogP contribution < -0.4 is 0 Å².